The summed E-state index contributed by atoms with van der Waals surface area (Å²) in [6.07, 6.45) is 1.93. The monoisotopic (exact) mass is 263 g/mol. The maximum Gasteiger partial charge on any atom is 0.261 e. The summed E-state index contributed by atoms with van der Waals surface area (Å²) >= 11 is 1.89. The molecular weight excluding hydrogens is 246 g/mol. The summed E-state index contributed by atoms with van der Waals surface area (Å²) in [5.74, 6) is 1.93. The predicted molar refractivity (Wildman–Crippen MR) is 74.0 cm³/mol. The summed E-state index contributed by atoms with van der Waals surface area (Å²) in [6.45, 7) is 2.67. The molecule has 0 aromatic heterocycles. The van der Waals surface area contributed by atoms with E-state index >= 15 is 0 Å². The quantitative estimate of drug-likeness (QED) is 0.585. The SMILES string of the molecule is CCSCCCCN1C(=O)c2ccccc2C1=O. The number of unbranched alkanes of at least 4 members (excludes halogenated alkanes) is 1. The molecule has 0 aliphatic carbocycles. The number of benzene rings is 1. The molecule has 1 aromatic carbocycles. The second kappa shape index (κ2) is 6.05. The van der Waals surface area contributed by atoms with Gasteiger partial charge in [-0.3, -0.25) is 14.5 Å². The third-order valence-electron chi connectivity index (χ3n) is 3.00. The van der Waals surface area contributed by atoms with Gasteiger partial charge in [0.15, 0.2) is 0 Å². The summed E-state index contributed by atoms with van der Waals surface area (Å²) < 4.78 is 0. The third-order valence-corrected chi connectivity index (χ3v) is 3.99. The van der Waals surface area contributed by atoms with E-state index in [-0.39, 0.29) is 11.8 Å². The Balaban J connectivity index is 1.93. The van der Waals surface area contributed by atoms with Crippen LogP contribution in [0.1, 0.15) is 40.5 Å². The average molecular weight is 263 g/mol. The Morgan fingerprint density at radius 3 is 2.22 bits per heavy atom. The van der Waals surface area contributed by atoms with E-state index in [9.17, 15) is 9.59 Å². The van der Waals surface area contributed by atoms with Crippen molar-refractivity contribution >= 4 is 23.6 Å². The summed E-state index contributed by atoms with van der Waals surface area (Å²) in [4.78, 5) is 25.4. The highest BCUT2D eigenvalue weighted by Crippen LogP contribution is 2.22. The summed E-state index contributed by atoms with van der Waals surface area (Å²) in [7, 11) is 0. The van der Waals surface area contributed by atoms with E-state index < -0.39 is 0 Å². The van der Waals surface area contributed by atoms with E-state index in [0.717, 1.165) is 24.3 Å². The van der Waals surface area contributed by atoms with Gasteiger partial charge < -0.3 is 0 Å². The number of carbonyl (C=O) groups is 2. The summed E-state index contributed by atoms with van der Waals surface area (Å²) in [5, 5.41) is 0. The minimum atomic E-state index is -0.140. The lowest BCUT2D eigenvalue weighted by molar-refractivity contribution is 0.0652. The van der Waals surface area contributed by atoms with Crippen LogP contribution in [-0.4, -0.2) is 34.8 Å². The zero-order valence-electron chi connectivity index (χ0n) is 10.5. The maximum atomic E-state index is 12.0. The average Bonchev–Trinajstić information content (AvgIpc) is 2.64. The molecule has 0 saturated carbocycles. The van der Waals surface area contributed by atoms with Gasteiger partial charge in [0, 0.05) is 6.54 Å². The molecule has 2 rings (SSSR count). The Morgan fingerprint density at radius 2 is 1.67 bits per heavy atom. The van der Waals surface area contributed by atoms with Crippen LogP contribution in [-0.2, 0) is 0 Å². The molecule has 2 amide bonds. The van der Waals surface area contributed by atoms with Gasteiger partial charge in [0.1, 0.15) is 0 Å². The van der Waals surface area contributed by atoms with Crippen molar-refractivity contribution in [2.24, 2.45) is 0 Å². The predicted octanol–water partition coefficient (Wildman–Crippen LogP) is 2.82. The fourth-order valence-electron chi connectivity index (χ4n) is 2.06. The van der Waals surface area contributed by atoms with E-state index in [2.05, 4.69) is 6.92 Å². The molecule has 1 aliphatic heterocycles. The van der Waals surface area contributed by atoms with Crippen LogP contribution in [0.2, 0.25) is 0 Å². The molecular formula is C14H17NO2S. The topological polar surface area (TPSA) is 37.4 Å². The Labute approximate surface area is 112 Å². The fourth-order valence-corrected chi connectivity index (χ4v) is 2.76. The second-order valence-electron chi connectivity index (χ2n) is 4.21. The Kier molecular flexibility index (Phi) is 4.42. The van der Waals surface area contributed by atoms with Crippen molar-refractivity contribution < 1.29 is 9.59 Å². The lowest BCUT2D eigenvalue weighted by Gasteiger charge is -2.13. The molecule has 1 aromatic rings. The molecule has 0 spiro atoms. The lowest BCUT2D eigenvalue weighted by Crippen LogP contribution is -2.30. The molecule has 0 saturated heterocycles. The van der Waals surface area contributed by atoms with E-state index in [1.165, 1.54) is 4.90 Å². The lowest BCUT2D eigenvalue weighted by atomic mass is 10.1. The number of amides is 2. The Bertz CT molecular complexity index is 424. The van der Waals surface area contributed by atoms with Gasteiger partial charge >= 0.3 is 0 Å². The molecule has 0 N–H and O–H groups in total. The number of hydrogen-bond donors (Lipinski definition) is 0. The van der Waals surface area contributed by atoms with Gasteiger partial charge in [0.25, 0.3) is 11.8 Å². The van der Waals surface area contributed by atoms with Crippen molar-refractivity contribution in [2.75, 3.05) is 18.1 Å². The van der Waals surface area contributed by atoms with Gasteiger partial charge in [-0.1, -0.05) is 19.1 Å². The molecule has 0 radical (unpaired) electrons. The van der Waals surface area contributed by atoms with Crippen LogP contribution in [0.4, 0.5) is 0 Å². The number of imide groups is 1. The number of thioether (sulfide) groups is 1. The molecule has 4 heteroatoms. The number of rotatable bonds is 6. The zero-order valence-corrected chi connectivity index (χ0v) is 11.3. The second-order valence-corrected chi connectivity index (χ2v) is 5.61. The molecule has 0 bridgehead atoms. The first-order valence-corrected chi connectivity index (χ1v) is 7.44. The minimum absolute atomic E-state index is 0.140. The normalized spacial score (nSPS) is 14.2. The van der Waals surface area contributed by atoms with Crippen LogP contribution in [0.25, 0.3) is 0 Å². The molecule has 1 aliphatic rings. The van der Waals surface area contributed by atoms with E-state index in [0.29, 0.717) is 17.7 Å². The molecule has 0 atom stereocenters. The minimum Gasteiger partial charge on any atom is -0.274 e. The van der Waals surface area contributed by atoms with Gasteiger partial charge in [0.05, 0.1) is 11.1 Å². The van der Waals surface area contributed by atoms with Crippen molar-refractivity contribution in [1.82, 2.24) is 4.90 Å². The number of carbonyl (C=O) groups excluding carboxylic acids is 2. The maximum absolute atomic E-state index is 12.0. The Morgan fingerprint density at radius 1 is 1.06 bits per heavy atom. The number of nitrogens with zero attached hydrogens (tertiary/aromatic N) is 1. The molecule has 96 valence electrons. The molecule has 0 unspecified atom stereocenters. The number of hydrogen-bond acceptors (Lipinski definition) is 3. The highest BCUT2D eigenvalue weighted by molar-refractivity contribution is 7.99. The molecule has 0 fully saturated rings. The fraction of sp³-hybridized carbons (Fsp3) is 0.429. The van der Waals surface area contributed by atoms with E-state index in [1.54, 1.807) is 24.3 Å². The standard InChI is InChI=1S/C14H17NO2S/c1-2-18-10-6-5-9-15-13(16)11-7-3-4-8-12(11)14(15)17/h3-4,7-8H,2,5-6,9-10H2,1H3. The van der Waals surface area contributed by atoms with Crippen LogP contribution in [0, 0.1) is 0 Å². The van der Waals surface area contributed by atoms with Gasteiger partial charge in [-0.15, -0.1) is 0 Å². The van der Waals surface area contributed by atoms with Crippen LogP contribution in [0.15, 0.2) is 24.3 Å². The third kappa shape index (κ3) is 2.58. The van der Waals surface area contributed by atoms with Gasteiger partial charge in [-0.2, -0.15) is 11.8 Å². The highest BCUT2D eigenvalue weighted by atomic mass is 32.2. The first-order valence-electron chi connectivity index (χ1n) is 6.28. The van der Waals surface area contributed by atoms with Crippen LogP contribution in [0.3, 0.4) is 0 Å². The van der Waals surface area contributed by atoms with E-state index in [1.807, 2.05) is 11.8 Å². The number of fused-ring (bicyclic) bond motifs is 1. The highest BCUT2D eigenvalue weighted by Gasteiger charge is 2.34. The van der Waals surface area contributed by atoms with Crippen molar-refractivity contribution in [3.8, 4) is 0 Å². The van der Waals surface area contributed by atoms with Gasteiger partial charge in [0.2, 0.25) is 0 Å². The van der Waals surface area contributed by atoms with Crippen molar-refractivity contribution in [3.05, 3.63) is 35.4 Å². The van der Waals surface area contributed by atoms with Gasteiger partial charge in [-0.05, 0) is 36.5 Å². The first-order chi connectivity index (χ1) is 8.75. The smallest absolute Gasteiger partial charge is 0.261 e. The van der Waals surface area contributed by atoms with E-state index in [4.69, 9.17) is 0 Å². The van der Waals surface area contributed by atoms with Crippen LogP contribution in [0.5, 0.6) is 0 Å². The largest absolute Gasteiger partial charge is 0.274 e. The zero-order chi connectivity index (χ0) is 13.0. The first kappa shape index (κ1) is 13.1. The van der Waals surface area contributed by atoms with Crippen molar-refractivity contribution in [2.45, 2.75) is 19.8 Å². The Hall–Kier alpha value is -1.29. The molecule has 3 nitrogen and oxygen atoms in total. The van der Waals surface area contributed by atoms with Gasteiger partial charge in [-0.25, -0.2) is 0 Å². The summed E-state index contributed by atoms with van der Waals surface area (Å²) in [5.41, 5.74) is 1.09. The van der Waals surface area contributed by atoms with Crippen LogP contribution >= 0.6 is 11.8 Å². The van der Waals surface area contributed by atoms with Crippen molar-refractivity contribution in [3.63, 3.8) is 0 Å². The molecule has 18 heavy (non-hydrogen) atoms. The summed E-state index contributed by atoms with van der Waals surface area (Å²) in [6, 6.07) is 7.04. The molecule has 1 heterocycles. The van der Waals surface area contributed by atoms with Crippen molar-refractivity contribution in [1.29, 1.82) is 0 Å². The van der Waals surface area contributed by atoms with Crippen LogP contribution < -0.4 is 0 Å².